The Balaban J connectivity index is 1.54. The second-order valence-corrected chi connectivity index (χ2v) is 6.97. The number of nitrogens with one attached hydrogen (secondary N) is 1. The van der Waals surface area contributed by atoms with E-state index < -0.39 is 0 Å². The molecule has 1 heterocycles. The summed E-state index contributed by atoms with van der Waals surface area (Å²) in [6.07, 6.45) is 7.36. The molecule has 0 aromatic heterocycles. The Morgan fingerprint density at radius 1 is 0.952 bits per heavy atom. The van der Waals surface area contributed by atoms with Gasteiger partial charge in [-0.2, -0.15) is 0 Å². The first-order valence-corrected chi connectivity index (χ1v) is 8.58. The highest BCUT2D eigenvalue weighted by molar-refractivity contribution is 5.55. The maximum Gasteiger partial charge on any atom is 0.0367 e. The zero-order valence-corrected chi connectivity index (χ0v) is 13.2. The lowest BCUT2D eigenvalue weighted by Crippen LogP contribution is -2.33. The number of hydrogen-bond donors (Lipinski definition) is 2. The molecule has 2 fully saturated rings. The van der Waals surface area contributed by atoms with Crippen LogP contribution in [0.4, 0.5) is 11.4 Å². The Bertz CT molecular complexity index is 426. The number of nitrogens with zero attached hydrogens (tertiary/aromatic N) is 1. The number of anilines is 2. The summed E-state index contributed by atoms with van der Waals surface area (Å²) >= 11 is 0. The van der Waals surface area contributed by atoms with Gasteiger partial charge in [0.25, 0.3) is 0 Å². The fraction of sp³-hybridized carbons (Fsp3) is 0.667. The molecule has 3 rings (SSSR count). The minimum Gasteiger partial charge on any atom is -0.382 e. The molecule has 1 aliphatic carbocycles. The topological polar surface area (TPSA) is 41.3 Å². The van der Waals surface area contributed by atoms with E-state index in [0.29, 0.717) is 12.1 Å². The minimum atomic E-state index is 0.423. The third kappa shape index (κ3) is 3.91. The van der Waals surface area contributed by atoms with Gasteiger partial charge in [-0.25, -0.2) is 0 Å². The standard InChI is InChI=1S/C18H29N3/c1-14-10-12-21(13-11-14)18-8-6-17(7-9-18)20-16-4-2-15(19)3-5-16/h6-9,14-16,20H,2-5,10-13,19H2,1H3. The fourth-order valence-electron chi connectivity index (χ4n) is 3.53. The predicted molar refractivity (Wildman–Crippen MR) is 90.9 cm³/mol. The van der Waals surface area contributed by atoms with E-state index in [9.17, 15) is 0 Å². The van der Waals surface area contributed by atoms with Gasteiger partial charge in [0.2, 0.25) is 0 Å². The zero-order valence-electron chi connectivity index (χ0n) is 13.2. The Kier molecular flexibility index (Phi) is 4.69. The number of hydrogen-bond acceptors (Lipinski definition) is 3. The lowest BCUT2D eigenvalue weighted by molar-refractivity contribution is 0.411. The summed E-state index contributed by atoms with van der Waals surface area (Å²) in [5, 5.41) is 3.66. The van der Waals surface area contributed by atoms with Crippen LogP contribution in [0.5, 0.6) is 0 Å². The second-order valence-electron chi connectivity index (χ2n) is 6.97. The molecular weight excluding hydrogens is 258 g/mol. The van der Waals surface area contributed by atoms with E-state index in [0.717, 1.165) is 18.8 Å². The average molecular weight is 287 g/mol. The average Bonchev–Trinajstić information content (AvgIpc) is 2.51. The summed E-state index contributed by atoms with van der Waals surface area (Å²) in [7, 11) is 0. The van der Waals surface area contributed by atoms with Gasteiger partial charge in [0, 0.05) is 36.5 Å². The van der Waals surface area contributed by atoms with Crippen molar-refractivity contribution in [3.05, 3.63) is 24.3 Å². The molecule has 1 aromatic rings. The highest BCUT2D eigenvalue weighted by Crippen LogP contribution is 2.26. The van der Waals surface area contributed by atoms with Gasteiger partial charge in [0.05, 0.1) is 0 Å². The third-order valence-corrected chi connectivity index (χ3v) is 5.16. The quantitative estimate of drug-likeness (QED) is 0.892. The van der Waals surface area contributed by atoms with Crippen LogP contribution in [-0.4, -0.2) is 25.2 Å². The van der Waals surface area contributed by atoms with E-state index in [1.165, 1.54) is 50.1 Å². The zero-order chi connectivity index (χ0) is 14.7. The first-order chi connectivity index (χ1) is 10.2. The van der Waals surface area contributed by atoms with E-state index >= 15 is 0 Å². The van der Waals surface area contributed by atoms with Gasteiger partial charge in [-0.05, 0) is 68.7 Å². The van der Waals surface area contributed by atoms with Gasteiger partial charge < -0.3 is 16.0 Å². The van der Waals surface area contributed by atoms with Crippen LogP contribution in [0.3, 0.4) is 0 Å². The maximum atomic E-state index is 5.97. The minimum absolute atomic E-state index is 0.423. The molecule has 116 valence electrons. The fourth-order valence-corrected chi connectivity index (χ4v) is 3.53. The Labute approximate surface area is 128 Å². The van der Waals surface area contributed by atoms with Crippen molar-refractivity contribution in [3.63, 3.8) is 0 Å². The van der Waals surface area contributed by atoms with Crippen molar-refractivity contribution in [1.29, 1.82) is 0 Å². The molecule has 3 nitrogen and oxygen atoms in total. The van der Waals surface area contributed by atoms with Crippen LogP contribution >= 0.6 is 0 Å². The summed E-state index contributed by atoms with van der Waals surface area (Å²) < 4.78 is 0. The molecule has 21 heavy (non-hydrogen) atoms. The summed E-state index contributed by atoms with van der Waals surface area (Å²) in [5.41, 5.74) is 8.60. The predicted octanol–water partition coefficient (Wildman–Crippen LogP) is 3.60. The summed E-state index contributed by atoms with van der Waals surface area (Å²) in [6.45, 7) is 4.77. The maximum absolute atomic E-state index is 5.97. The molecule has 3 N–H and O–H groups in total. The molecule has 1 saturated carbocycles. The van der Waals surface area contributed by atoms with Crippen molar-refractivity contribution in [2.24, 2.45) is 11.7 Å². The lowest BCUT2D eigenvalue weighted by atomic mass is 9.91. The highest BCUT2D eigenvalue weighted by Gasteiger charge is 2.19. The van der Waals surface area contributed by atoms with Crippen LogP contribution in [0.2, 0.25) is 0 Å². The molecule has 0 amide bonds. The first-order valence-electron chi connectivity index (χ1n) is 8.58. The second kappa shape index (κ2) is 6.69. The van der Waals surface area contributed by atoms with Gasteiger partial charge in [-0.3, -0.25) is 0 Å². The normalized spacial score (nSPS) is 27.6. The van der Waals surface area contributed by atoms with E-state index in [1.54, 1.807) is 0 Å². The largest absolute Gasteiger partial charge is 0.382 e. The van der Waals surface area contributed by atoms with Gasteiger partial charge in [0.1, 0.15) is 0 Å². The van der Waals surface area contributed by atoms with Crippen molar-refractivity contribution in [1.82, 2.24) is 0 Å². The monoisotopic (exact) mass is 287 g/mol. The summed E-state index contributed by atoms with van der Waals surface area (Å²) in [4.78, 5) is 2.52. The molecule has 1 aliphatic heterocycles. The van der Waals surface area contributed by atoms with Gasteiger partial charge in [-0.1, -0.05) is 6.92 Å². The molecular formula is C18H29N3. The molecule has 0 bridgehead atoms. The molecule has 1 saturated heterocycles. The van der Waals surface area contributed by atoms with E-state index in [2.05, 4.69) is 41.4 Å². The smallest absolute Gasteiger partial charge is 0.0367 e. The van der Waals surface area contributed by atoms with E-state index in [1.807, 2.05) is 0 Å². The molecule has 2 aliphatic rings. The van der Waals surface area contributed by atoms with Crippen molar-refractivity contribution in [3.8, 4) is 0 Å². The van der Waals surface area contributed by atoms with E-state index in [4.69, 9.17) is 5.73 Å². The SMILES string of the molecule is CC1CCN(c2ccc(NC3CCC(N)CC3)cc2)CC1. The summed E-state index contributed by atoms with van der Waals surface area (Å²) in [6, 6.07) is 10.0. The van der Waals surface area contributed by atoms with Crippen LogP contribution in [0.25, 0.3) is 0 Å². The third-order valence-electron chi connectivity index (χ3n) is 5.16. The Morgan fingerprint density at radius 2 is 1.57 bits per heavy atom. The van der Waals surface area contributed by atoms with Crippen LogP contribution in [-0.2, 0) is 0 Å². The van der Waals surface area contributed by atoms with Crippen molar-refractivity contribution in [2.75, 3.05) is 23.3 Å². The number of piperidine rings is 1. The number of nitrogens with two attached hydrogens (primary N) is 1. The van der Waals surface area contributed by atoms with Crippen LogP contribution in [0, 0.1) is 5.92 Å². The van der Waals surface area contributed by atoms with Gasteiger partial charge >= 0.3 is 0 Å². The van der Waals surface area contributed by atoms with Crippen LogP contribution in [0.15, 0.2) is 24.3 Å². The molecule has 3 heteroatoms. The van der Waals surface area contributed by atoms with Crippen molar-refractivity contribution in [2.45, 2.75) is 57.5 Å². The van der Waals surface area contributed by atoms with Crippen LogP contribution in [0.1, 0.15) is 45.4 Å². The molecule has 0 unspecified atom stereocenters. The molecule has 0 spiro atoms. The number of rotatable bonds is 3. The Hall–Kier alpha value is -1.22. The molecule has 0 atom stereocenters. The van der Waals surface area contributed by atoms with Crippen molar-refractivity contribution < 1.29 is 0 Å². The van der Waals surface area contributed by atoms with Crippen LogP contribution < -0.4 is 16.0 Å². The Morgan fingerprint density at radius 3 is 2.19 bits per heavy atom. The lowest BCUT2D eigenvalue weighted by Gasteiger charge is -2.32. The van der Waals surface area contributed by atoms with Crippen molar-refractivity contribution >= 4 is 11.4 Å². The molecule has 0 radical (unpaired) electrons. The highest BCUT2D eigenvalue weighted by atomic mass is 15.1. The van der Waals surface area contributed by atoms with E-state index in [-0.39, 0.29) is 0 Å². The number of benzene rings is 1. The van der Waals surface area contributed by atoms with Gasteiger partial charge in [0.15, 0.2) is 0 Å². The first kappa shape index (κ1) is 14.7. The summed E-state index contributed by atoms with van der Waals surface area (Å²) in [5.74, 6) is 0.889. The van der Waals surface area contributed by atoms with Gasteiger partial charge in [-0.15, -0.1) is 0 Å². The molecule has 1 aromatic carbocycles.